The highest BCUT2D eigenvalue weighted by molar-refractivity contribution is 6.32. The molecule has 3 N–H and O–H groups in total. The predicted octanol–water partition coefficient (Wildman–Crippen LogP) is 11.3. The van der Waals surface area contributed by atoms with Gasteiger partial charge in [0.1, 0.15) is 29.4 Å². The SMILES string of the molecule is CC(C)Oc1ccc(C(=O)CN)cc1Cl.CC(C)Oc1ccc(C(=O)CNCc2ccc(-c3cn(C)c(C(C)(C)C)n3)cc2)cc1Cl.Cn1cc(-c2ccc(C=O)cc2)nc1C(C)(C)C. The van der Waals surface area contributed by atoms with Gasteiger partial charge in [0.05, 0.1) is 46.7 Å². The first-order chi connectivity index (χ1) is 30.5. The van der Waals surface area contributed by atoms with Crippen molar-refractivity contribution >= 4 is 41.1 Å². The Morgan fingerprint density at radius 1 is 0.677 bits per heavy atom. The number of ketones is 2. The van der Waals surface area contributed by atoms with Gasteiger partial charge in [0, 0.05) is 71.7 Å². The molecule has 0 fully saturated rings. The summed E-state index contributed by atoms with van der Waals surface area (Å²) in [7, 11) is 4.04. The third-order valence-corrected chi connectivity index (χ3v) is 10.3. The molecule has 0 aliphatic rings. The van der Waals surface area contributed by atoms with E-state index in [9.17, 15) is 14.4 Å². The largest absolute Gasteiger partial charge is 0.489 e. The van der Waals surface area contributed by atoms with E-state index >= 15 is 0 Å². The van der Waals surface area contributed by atoms with Crippen molar-refractivity contribution in [2.75, 3.05) is 13.1 Å². The van der Waals surface area contributed by atoms with Crippen LogP contribution in [0.1, 0.15) is 118 Å². The lowest BCUT2D eigenvalue weighted by Crippen LogP contribution is -2.22. The molecule has 0 aliphatic heterocycles. The molecule has 0 saturated heterocycles. The number of hydrogen-bond donors (Lipinski definition) is 2. The Morgan fingerprint density at radius 3 is 1.45 bits per heavy atom. The highest BCUT2D eigenvalue weighted by Crippen LogP contribution is 2.29. The van der Waals surface area contributed by atoms with Gasteiger partial charge >= 0.3 is 0 Å². The van der Waals surface area contributed by atoms with Crippen LogP contribution >= 0.6 is 23.2 Å². The van der Waals surface area contributed by atoms with Crippen LogP contribution in [0.4, 0.5) is 0 Å². The monoisotopic (exact) mass is 922 g/mol. The fraction of sp³-hybridized carbons (Fsp3) is 0.365. The summed E-state index contributed by atoms with van der Waals surface area (Å²) in [4.78, 5) is 43.9. The second kappa shape index (κ2) is 23.0. The molecule has 0 spiro atoms. The number of rotatable bonds is 14. The van der Waals surface area contributed by atoms with Gasteiger partial charge < -0.3 is 29.7 Å². The van der Waals surface area contributed by atoms with Crippen molar-refractivity contribution in [2.45, 2.75) is 98.8 Å². The number of aryl methyl sites for hydroxylation is 2. The van der Waals surface area contributed by atoms with E-state index in [4.69, 9.17) is 43.4 Å². The number of ether oxygens (including phenoxy) is 2. The van der Waals surface area contributed by atoms with Gasteiger partial charge in [0.2, 0.25) is 0 Å². The average Bonchev–Trinajstić information content (AvgIpc) is 3.85. The van der Waals surface area contributed by atoms with E-state index in [0.29, 0.717) is 44.8 Å². The maximum Gasteiger partial charge on any atom is 0.176 e. The fourth-order valence-corrected chi connectivity index (χ4v) is 7.17. The molecule has 0 aliphatic carbocycles. The quantitative estimate of drug-likeness (QED) is 0.0806. The van der Waals surface area contributed by atoms with E-state index < -0.39 is 0 Å². The molecule has 13 heteroatoms. The standard InChI is InChI=1S/C26H32ClN3O2.C15H18N2O.C11H14ClNO2/c1-17(2)32-24-12-11-20(13-21(24)27)23(31)15-28-14-18-7-9-19(10-8-18)22-16-30(6)25(29-22)26(3,4)5;1-15(2,3)14-16-13(9-17(14)4)12-7-5-11(10-18)6-8-12;1-7(2)15-11-4-3-8(5-9(11)12)10(14)6-13/h7-13,16-17,28H,14-15H2,1-6H3;5-10H,1-4H3;3-5,7H,6,13H2,1-2H3. The first-order valence-electron chi connectivity index (χ1n) is 21.6. The molecule has 2 aromatic heterocycles. The summed E-state index contributed by atoms with van der Waals surface area (Å²) in [6, 6.07) is 25.8. The number of aldehydes is 1. The number of benzene rings is 4. The van der Waals surface area contributed by atoms with Crippen LogP contribution in [0, 0.1) is 0 Å². The number of hydrogen-bond acceptors (Lipinski definition) is 9. The van der Waals surface area contributed by atoms with Gasteiger partial charge in [-0.2, -0.15) is 0 Å². The minimum Gasteiger partial charge on any atom is -0.489 e. The maximum atomic E-state index is 12.5. The van der Waals surface area contributed by atoms with Crippen LogP contribution in [-0.2, 0) is 31.5 Å². The van der Waals surface area contributed by atoms with Gasteiger partial charge in [0.25, 0.3) is 0 Å². The zero-order chi connectivity index (χ0) is 48.2. The number of nitrogens with two attached hydrogens (primary N) is 1. The summed E-state index contributed by atoms with van der Waals surface area (Å²) in [5.41, 5.74) is 12.2. The minimum atomic E-state index is -0.131. The van der Waals surface area contributed by atoms with E-state index in [1.54, 1.807) is 36.4 Å². The lowest BCUT2D eigenvalue weighted by molar-refractivity contribution is 0.0986. The third-order valence-electron chi connectivity index (χ3n) is 9.72. The van der Waals surface area contributed by atoms with Crippen molar-refractivity contribution < 1.29 is 23.9 Å². The lowest BCUT2D eigenvalue weighted by atomic mass is 9.96. The first kappa shape index (κ1) is 52.0. The van der Waals surface area contributed by atoms with Crippen LogP contribution in [0.5, 0.6) is 11.5 Å². The van der Waals surface area contributed by atoms with Crippen LogP contribution in [0.25, 0.3) is 22.5 Å². The zero-order valence-electron chi connectivity index (χ0n) is 39.8. The van der Waals surface area contributed by atoms with Crippen LogP contribution in [0.2, 0.25) is 10.0 Å². The number of carbonyl (C=O) groups excluding carboxylic acids is 3. The third kappa shape index (κ3) is 15.2. The van der Waals surface area contributed by atoms with Gasteiger partial charge in [-0.25, -0.2) is 9.97 Å². The van der Waals surface area contributed by atoms with Crippen molar-refractivity contribution in [1.82, 2.24) is 24.4 Å². The van der Waals surface area contributed by atoms with Crippen LogP contribution in [0.3, 0.4) is 0 Å². The van der Waals surface area contributed by atoms with E-state index in [1.807, 2.05) is 72.3 Å². The number of carbonyl (C=O) groups is 3. The lowest BCUT2D eigenvalue weighted by Gasteiger charge is -2.17. The summed E-state index contributed by atoms with van der Waals surface area (Å²) >= 11 is 12.2. The maximum absolute atomic E-state index is 12.5. The molecule has 11 nitrogen and oxygen atoms in total. The molecule has 346 valence electrons. The predicted molar refractivity (Wildman–Crippen MR) is 264 cm³/mol. The molecule has 0 bridgehead atoms. The van der Waals surface area contributed by atoms with Gasteiger partial charge in [0.15, 0.2) is 11.6 Å². The number of imidazole rings is 2. The van der Waals surface area contributed by atoms with Crippen molar-refractivity contribution in [2.24, 2.45) is 19.8 Å². The molecule has 0 amide bonds. The Balaban J connectivity index is 0.000000236. The Morgan fingerprint density at radius 2 is 1.09 bits per heavy atom. The van der Waals surface area contributed by atoms with E-state index in [1.165, 1.54) is 0 Å². The normalized spacial score (nSPS) is 11.4. The van der Waals surface area contributed by atoms with Crippen LogP contribution in [-0.4, -0.2) is 62.3 Å². The average molecular weight is 924 g/mol. The van der Waals surface area contributed by atoms with Gasteiger partial charge in [-0.05, 0) is 69.7 Å². The fourth-order valence-electron chi connectivity index (χ4n) is 6.72. The summed E-state index contributed by atoms with van der Waals surface area (Å²) < 4.78 is 15.2. The van der Waals surface area contributed by atoms with Gasteiger partial charge in [-0.1, -0.05) is 113 Å². The molecule has 0 atom stereocenters. The van der Waals surface area contributed by atoms with Crippen molar-refractivity contribution in [3.05, 3.63) is 141 Å². The van der Waals surface area contributed by atoms with E-state index in [0.717, 1.165) is 46.0 Å². The molecule has 2 heterocycles. The van der Waals surface area contributed by atoms with E-state index in [2.05, 4.69) is 91.4 Å². The number of halogens is 2. The zero-order valence-corrected chi connectivity index (χ0v) is 41.3. The van der Waals surface area contributed by atoms with Crippen molar-refractivity contribution in [1.29, 1.82) is 0 Å². The van der Waals surface area contributed by atoms with Crippen molar-refractivity contribution in [3.63, 3.8) is 0 Å². The molecule has 0 radical (unpaired) electrons. The van der Waals surface area contributed by atoms with Crippen molar-refractivity contribution in [3.8, 4) is 34.0 Å². The Labute approximate surface area is 394 Å². The molecular formula is C52H64Cl2N6O5. The summed E-state index contributed by atoms with van der Waals surface area (Å²) in [5.74, 6) is 3.14. The number of nitrogens with zero attached hydrogens (tertiary/aromatic N) is 4. The summed E-state index contributed by atoms with van der Waals surface area (Å²) in [6.07, 6.45) is 5.02. The molecule has 6 aromatic rings. The number of nitrogens with one attached hydrogen (secondary N) is 1. The van der Waals surface area contributed by atoms with Gasteiger partial charge in [-0.15, -0.1) is 0 Å². The Bertz CT molecular complexity index is 2530. The Hall–Kier alpha value is -5.59. The molecule has 0 unspecified atom stereocenters. The summed E-state index contributed by atoms with van der Waals surface area (Å²) in [6.45, 7) is 21.5. The molecule has 6 rings (SSSR count). The smallest absolute Gasteiger partial charge is 0.176 e. The first-order valence-corrected chi connectivity index (χ1v) is 22.4. The van der Waals surface area contributed by atoms with Crippen LogP contribution < -0.4 is 20.5 Å². The topological polar surface area (TPSA) is 143 Å². The number of aromatic nitrogens is 4. The minimum absolute atomic E-state index is 0.00457. The molecule has 0 saturated carbocycles. The molecule has 4 aromatic carbocycles. The molecular weight excluding hydrogens is 860 g/mol. The number of Topliss-reactive ketones (excluding diaryl/α,β-unsaturated/α-hetero) is 2. The second-order valence-electron chi connectivity index (χ2n) is 18.3. The highest BCUT2D eigenvalue weighted by Gasteiger charge is 2.22. The Kier molecular flexibility index (Phi) is 18.4. The summed E-state index contributed by atoms with van der Waals surface area (Å²) in [5, 5.41) is 4.10. The highest BCUT2D eigenvalue weighted by atomic mass is 35.5. The van der Waals surface area contributed by atoms with Crippen LogP contribution in [0.15, 0.2) is 97.3 Å². The molecule has 65 heavy (non-hydrogen) atoms. The second-order valence-corrected chi connectivity index (χ2v) is 19.2. The van der Waals surface area contributed by atoms with E-state index in [-0.39, 0.29) is 47.7 Å². The van der Waals surface area contributed by atoms with Gasteiger partial charge in [-0.3, -0.25) is 14.4 Å².